The normalized spacial score (nSPS) is 18.0. The van der Waals surface area contributed by atoms with Gasteiger partial charge in [-0.05, 0) is 43.4 Å². The number of halogens is 2. The van der Waals surface area contributed by atoms with Crippen molar-refractivity contribution in [3.63, 3.8) is 0 Å². The molecule has 0 radical (unpaired) electrons. The maximum absolute atomic E-state index is 6.15. The highest BCUT2D eigenvalue weighted by Crippen LogP contribution is 2.48. The van der Waals surface area contributed by atoms with Gasteiger partial charge in [0.25, 0.3) is 0 Å². The first kappa shape index (κ1) is 14.7. The van der Waals surface area contributed by atoms with Gasteiger partial charge in [-0.3, -0.25) is 0 Å². The lowest BCUT2D eigenvalue weighted by molar-refractivity contribution is 0.205. The summed E-state index contributed by atoms with van der Waals surface area (Å²) in [6.07, 6.45) is 5.46. The number of hydrogen-bond acceptors (Lipinski definition) is 2. The molecule has 0 spiro atoms. The summed E-state index contributed by atoms with van der Waals surface area (Å²) in [4.78, 5) is 4.93. The van der Waals surface area contributed by atoms with Crippen LogP contribution in [0.5, 0.6) is 0 Å². The smallest absolute Gasteiger partial charge is 0.106 e. The topological polar surface area (TPSA) is 21.6 Å². The highest BCUT2D eigenvalue weighted by molar-refractivity contribution is 6.42. The van der Waals surface area contributed by atoms with E-state index in [-0.39, 0.29) is 5.41 Å². The van der Waals surface area contributed by atoms with Crippen molar-refractivity contribution in [3.8, 4) is 0 Å². The highest BCUT2D eigenvalue weighted by atomic mass is 35.5. The van der Waals surface area contributed by atoms with Gasteiger partial charge in [-0.1, -0.05) is 47.8 Å². The molecule has 0 unspecified atom stereocenters. The average Bonchev–Trinajstić information content (AvgIpc) is 2.36. The Bertz CT molecular complexity index is 481. The average molecular weight is 300 g/mol. The third-order valence-corrected chi connectivity index (χ3v) is 4.75. The summed E-state index contributed by atoms with van der Waals surface area (Å²) in [5.41, 5.74) is 2.54. The largest absolute Gasteiger partial charge is 0.399 e. The van der Waals surface area contributed by atoms with Gasteiger partial charge >= 0.3 is 0 Å². The van der Waals surface area contributed by atoms with Gasteiger partial charge in [0, 0.05) is 5.41 Å². The zero-order valence-electron chi connectivity index (χ0n) is 11.4. The Kier molecular flexibility index (Phi) is 4.75. The van der Waals surface area contributed by atoms with E-state index in [1.54, 1.807) is 7.11 Å². The van der Waals surface area contributed by atoms with Crippen LogP contribution in [0.15, 0.2) is 23.4 Å². The number of rotatable bonds is 5. The molecule has 4 heteroatoms. The highest BCUT2D eigenvalue weighted by Gasteiger charge is 2.39. The van der Waals surface area contributed by atoms with Gasteiger partial charge in [0.1, 0.15) is 7.11 Å². The summed E-state index contributed by atoms with van der Waals surface area (Å²) in [7, 11) is 1.60. The first-order chi connectivity index (χ1) is 9.11. The minimum absolute atomic E-state index is 0.168. The van der Waals surface area contributed by atoms with Crippen molar-refractivity contribution in [1.29, 1.82) is 0 Å². The van der Waals surface area contributed by atoms with Crippen molar-refractivity contribution in [2.24, 2.45) is 5.16 Å². The molecule has 0 bridgehead atoms. The molecule has 0 amide bonds. The van der Waals surface area contributed by atoms with Gasteiger partial charge in [0.05, 0.1) is 15.8 Å². The van der Waals surface area contributed by atoms with Gasteiger partial charge in [-0.2, -0.15) is 0 Å². The second kappa shape index (κ2) is 6.15. The lowest BCUT2D eigenvalue weighted by atomic mass is 9.61. The molecular weight excluding hydrogens is 281 g/mol. The van der Waals surface area contributed by atoms with E-state index in [0.717, 1.165) is 18.6 Å². The molecule has 0 atom stereocenters. The molecule has 0 saturated heterocycles. The van der Waals surface area contributed by atoms with Crippen LogP contribution in [0.1, 0.15) is 44.6 Å². The van der Waals surface area contributed by atoms with Crippen LogP contribution >= 0.6 is 23.2 Å². The number of nitrogens with zero attached hydrogens (tertiary/aromatic N) is 1. The number of benzene rings is 1. The van der Waals surface area contributed by atoms with E-state index in [4.69, 9.17) is 28.0 Å². The van der Waals surface area contributed by atoms with E-state index in [2.05, 4.69) is 18.1 Å². The third kappa shape index (κ3) is 3.06. The lowest BCUT2D eigenvalue weighted by Gasteiger charge is -2.43. The fraction of sp³-hybridized carbons (Fsp3) is 0.533. The summed E-state index contributed by atoms with van der Waals surface area (Å²) in [5.74, 6) is 0. The number of oxime groups is 1. The molecule has 1 aromatic carbocycles. The van der Waals surface area contributed by atoms with Crippen LogP contribution in [0.2, 0.25) is 10.0 Å². The van der Waals surface area contributed by atoms with E-state index in [1.165, 1.54) is 24.8 Å². The molecule has 1 aliphatic carbocycles. The monoisotopic (exact) mass is 299 g/mol. The maximum Gasteiger partial charge on any atom is 0.106 e. The van der Waals surface area contributed by atoms with Gasteiger partial charge in [0.15, 0.2) is 0 Å². The minimum Gasteiger partial charge on any atom is -0.399 e. The molecule has 1 aromatic rings. The predicted octanol–water partition coefficient (Wildman–Crippen LogP) is 5.22. The first-order valence-electron chi connectivity index (χ1n) is 6.66. The van der Waals surface area contributed by atoms with Gasteiger partial charge in [-0.15, -0.1) is 0 Å². The second-order valence-corrected chi connectivity index (χ2v) is 5.95. The molecule has 1 saturated carbocycles. The molecular formula is C15H19Cl2NO. The standard InChI is InChI=1S/C15H19Cl2NO/c1-3-12(18-19-2)10-15(7-4-8-15)11-5-6-13(16)14(17)9-11/h5-6,9H,3-4,7-8,10H2,1-2H3. The van der Waals surface area contributed by atoms with Crippen molar-refractivity contribution >= 4 is 28.9 Å². The van der Waals surface area contributed by atoms with Crippen molar-refractivity contribution in [2.75, 3.05) is 7.11 Å². The summed E-state index contributed by atoms with van der Waals surface area (Å²) in [5, 5.41) is 5.38. The first-order valence-corrected chi connectivity index (χ1v) is 7.41. The predicted molar refractivity (Wildman–Crippen MR) is 81.3 cm³/mol. The minimum atomic E-state index is 0.168. The molecule has 19 heavy (non-hydrogen) atoms. The molecule has 0 aliphatic heterocycles. The van der Waals surface area contributed by atoms with E-state index in [1.807, 2.05) is 12.1 Å². The van der Waals surface area contributed by atoms with Crippen molar-refractivity contribution in [3.05, 3.63) is 33.8 Å². The summed E-state index contributed by atoms with van der Waals surface area (Å²) >= 11 is 12.1. The zero-order valence-corrected chi connectivity index (χ0v) is 12.9. The van der Waals surface area contributed by atoms with Gasteiger partial charge in [-0.25, -0.2) is 0 Å². The zero-order chi connectivity index (χ0) is 13.9. The van der Waals surface area contributed by atoms with E-state index >= 15 is 0 Å². The van der Waals surface area contributed by atoms with Crippen molar-refractivity contribution in [2.45, 2.75) is 44.4 Å². The molecule has 0 N–H and O–H groups in total. The maximum atomic E-state index is 6.15. The summed E-state index contributed by atoms with van der Waals surface area (Å²) in [6, 6.07) is 5.98. The Morgan fingerprint density at radius 3 is 2.53 bits per heavy atom. The van der Waals surface area contributed by atoms with E-state index in [0.29, 0.717) is 10.0 Å². The number of hydrogen-bond donors (Lipinski definition) is 0. The third-order valence-electron chi connectivity index (χ3n) is 4.01. The summed E-state index contributed by atoms with van der Waals surface area (Å²) in [6.45, 7) is 2.11. The Hall–Kier alpha value is -0.730. The Labute approximate surface area is 124 Å². The van der Waals surface area contributed by atoms with Crippen LogP contribution in [0.3, 0.4) is 0 Å². The molecule has 1 fully saturated rings. The Balaban J connectivity index is 2.27. The fourth-order valence-electron chi connectivity index (χ4n) is 2.74. The van der Waals surface area contributed by atoms with E-state index in [9.17, 15) is 0 Å². The van der Waals surface area contributed by atoms with Crippen LogP contribution in [0.4, 0.5) is 0 Å². The van der Waals surface area contributed by atoms with Gasteiger partial charge < -0.3 is 4.84 Å². The van der Waals surface area contributed by atoms with Gasteiger partial charge in [0.2, 0.25) is 0 Å². The summed E-state index contributed by atoms with van der Waals surface area (Å²) < 4.78 is 0. The molecule has 104 valence electrons. The lowest BCUT2D eigenvalue weighted by Crippen LogP contribution is -2.36. The van der Waals surface area contributed by atoms with Crippen molar-refractivity contribution in [1.82, 2.24) is 0 Å². The Morgan fingerprint density at radius 1 is 1.32 bits per heavy atom. The van der Waals surface area contributed by atoms with Crippen LogP contribution in [0.25, 0.3) is 0 Å². The van der Waals surface area contributed by atoms with Crippen LogP contribution in [-0.2, 0) is 10.3 Å². The van der Waals surface area contributed by atoms with Crippen LogP contribution < -0.4 is 0 Å². The Morgan fingerprint density at radius 2 is 2.05 bits per heavy atom. The second-order valence-electron chi connectivity index (χ2n) is 5.13. The van der Waals surface area contributed by atoms with E-state index < -0.39 is 0 Å². The molecule has 1 aliphatic rings. The molecule has 0 aromatic heterocycles. The molecule has 0 heterocycles. The van der Waals surface area contributed by atoms with Crippen LogP contribution in [0, 0.1) is 0 Å². The molecule has 2 nitrogen and oxygen atoms in total. The molecule has 2 rings (SSSR count). The quantitative estimate of drug-likeness (QED) is 0.540. The fourth-order valence-corrected chi connectivity index (χ4v) is 3.04. The van der Waals surface area contributed by atoms with Crippen molar-refractivity contribution < 1.29 is 4.84 Å². The van der Waals surface area contributed by atoms with Crippen LogP contribution in [-0.4, -0.2) is 12.8 Å². The SMILES string of the molecule is CCC(CC1(c2ccc(Cl)c(Cl)c2)CCC1)=NOC.